The summed E-state index contributed by atoms with van der Waals surface area (Å²) >= 11 is 1.66. The normalized spacial score (nSPS) is 13.7. The Kier molecular flexibility index (Phi) is 6.59. The zero-order valence-corrected chi connectivity index (χ0v) is 18.4. The SMILES string of the molecule is Cc1ccccc1N1CCN(C(=O)c2ccccc2SCc2ccc(C#N)cc2)CC1. The largest absolute Gasteiger partial charge is 0.368 e. The lowest BCUT2D eigenvalue weighted by atomic mass is 10.1. The van der Waals surface area contributed by atoms with E-state index in [9.17, 15) is 4.79 Å². The predicted octanol–water partition coefficient (Wildman–Crippen LogP) is 5.12. The number of thioether (sulfide) groups is 1. The Hall–Kier alpha value is -3.23. The summed E-state index contributed by atoms with van der Waals surface area (Å²) < 4.78 is 0. The Bertz CT molecular complexity index is 1100. The third kappa shape index (κ3) is 4.92. The summed E-state index contributed by atoms with van der Waals surface area (Å²) in [6.07, 6.45) is 0. The van der Waals surface area contributed by atoms with Crippen molar-refractivity contribution in [3.05, 3.63) is 95.1 Å². The first kappa shape index (κ1) is 21.0. The molecule has 0 saturated carbocycles. The highest BCUT2D eigenvalue weighted by molar-refractivity contribution is 7.98. The van der Waals surface area contributed by atoms with Gasteiger partial charge in [0.05, 0.1) is 17.2 Å². The second kappa shape index (κ2) is 9.72. The Labute approximate surface area is 188 Å². The van der Waals surface area contributed by atoms with E-state index in [2.05, 4.69) is 42.2 Å². The highest BCUT2D eigenvalue weighted by atomic mass is 32.2. The van der Waals surface area contributed by atoms with Crippen molar-refractivity contribution >= 4 is 23.4 Å². The minimum Gasteiger partial charge on any atom is -0.368 e. The van der Waals surface area contributed by atoms with Gasteiger partial charge in [-0.3, -0.25) is 4.79 Å². The van der Waals surface area contributed by atoms with Gasteiger partial charge >= 0.3 is 0 Å². The van der Waals surface area contributed by atoms with Gasteiger partial charge in [0.15, 0.2) is 0 Å². The number of anilines is 1. The lowest BCUT2D eigenvalue weighted by Gasteiger charge is -2.37. The number of hydrogen-bond donors (Lipinski definition) is 0. The molecular formula is C26H25N3OS. The molecule has 0 atom stereocenters. The van der Waals surface area contributed by atoms with Gasteiger partial charge in [0.25, 0.3) is 5.91 Å². The summed E-state index contributed by atoms with van der Waals surface area (Å²) in [6, 6.07) is 26.0. The molecule has 4 rings (SSSR count). The van der Waals surface area contributed by atoms with E-state index >= 15 is 0 Å². The molecule has 0 radical (unpaired) electrons. The molecule has 1 amide bonds. The van der Waals surface area contributed by atoms with Crippen LogP contribution in [0.4, 0.5) is 5.69 Å². The van der Waals surface area contributed by atoms with Gasteiger partial charge < -0.3 is 9.80 Å². The summed E-state index contributed by atoms with van der Waals surface area (Å²) in [6.45, 7) is 5.27. The van der Waals surface area contributed by atoms with Gasteiger partial charge in [0.2, 0.25) is 0 Å². The average Bonchev–Trinajstić information content (AvgIpc) is 2.83. The fourth-order valence-electron chi connectivity index (χ4n) is 3.84. The average molecular weight is 428 g/mol. The van der Waals surface area contributed by atoms with Gasteiger partial charge in [-0.05, 0) is 48.4 Å². The third-order valence-electron chi connectivity index (χ3n) is 5.62. The number of hydrogen-bond acceptors (Lipinski definition) is 4. The Balaban J connectivity index is 1.41. The quantitative estimate of drug-likeness (QED) is 0.530. The Morgan fingerprint density at radius 1 is 0.935 bits per heavy atom. The van der Waals surface area contributed by atoms with Crippen molar-refractivity contribution in [3.63, 3.8) is 0 Å². The van der Waals surface area contributed by atoms with Crippen molar-refractivity contribution in [2.24, 2.45) is 0 Å². The zero-order valence-electron chi connectivity index (χ0n) is 17.6. The van der Waals surface area contributed by atoms with Crippen LogP contribution in [0.15, 0.2) is 77.7 Å². The molecule has 0 aliphatic carbocycles. The van der Waals surface area contributed by atoms with E-state index in [1.54, 1.807) is 11.8 Å². The van der Waals surface area contributed by atoms with Crippen LogP contribution >= 0.6 is 11.8 Å². The van der Waals surface area contributed by atoms with Crippen molar-refractivity contribution in [2.45, 2.75) is 17.6 Å². The molecule has 0 N–H and O–H groups in total. The molecule has 1 aliphatic heterocycles. The molecule has 156 valence electrons. The van der Waals surface area contributed by atoms with Crippen LogP contribution in [-0.4, -0.2) is 37.0 Å². The second-order valence-corrected chi connectivity index (χ2v) is 8.68. The van der Waals surface area contributed by atoms with Crippen molar-refractivity contribution < 1.29 is 4.79 Å². The number of nitriles is 1. The molecule has 5 heteroatoms. The molecular weight excluding hydrogens is 402 g/mol. The molecule has 4 nitrogen and oxygen atoms in total. The van der Waals surface area contributed by atoms with Crippen molar-refractivity contribution in [2.75, 3.05) is 31.1 Å². The highest BCUT2D eigenvalue weighted by Crippen LogP contribution is 2.28. The van der Waals surface area contributed by atoms with E-state index in [0.717, 1.165) is 48.0 Å². The third-order valence-corrected chi connectivity index (χ3v) is 6.76. The number of para-hydroxylation sites is 1. The summed E-state index contributed by atoms with van der Waals surface area (Å²) in [5, 5.41) is 8.95. The molecule has 1 aliphatic rings. The minimum absolute atomic E-state index is 0.104. The van der Waals surface area contributed by atoms with E-state index in [1.165, 1.54) is 11.3 Å². The molecule has 0 aromatic heterocycles. The maximum absolute atomic E-state index is 13.3. The molecule has 0 bridgehead atoms. The van der Waals surface area contributed by atoms with Crippen LogP contribution in [0.2, 0.25) is 0 Å². The monoisotopic (exact) mass is 427 g/mol. The molecule has 1 saturated heterocycles. The fourth-order valence-corrected chi connectivity index (χ4v) is 4.85. The maximum atomic E-state index is 13.3. The zero-order chi connectivity index (χ0) is 21.6. The van der Waals surface area contributed by atoms with E-state index in [4.69, 9.17) is 5.26 Å². The standard InChI is InChI=1S/C26H25N3OS/c1-20-6-2-4-8-24(20)28-14-16-29(17-15-28)26(30)23-7-3-5-9-25(23)31-19-22-12-10-21(18-27)11-13-22/h2-13H,14-17,19H2,1H3. The number of benzene rings is 3. The molecule has 3 aromatic carbocycles. The van der Waals surface area contributed by atoms with Crippen LogP contribution < -0.4 is 4.90 Å². The molecule has 1 heterocycles. The van der Waals surface area contributed by atoms with E-state index < -0.39 is 0 Å². The van der Waals surface area contributed by atoms with Gasteiger partial charge in [-0.25, -0.2) is 0 Å². The van der Waals surface area contributed by atoms with E-state index in [1.807, 2.05) is 53.4 Å². The van der Waals surface area contributed by atoms with Gasteiger partial charge in [0, 0.05) is 42.5 Å². The van der Waals surface area contributed by atoms with Gasteiger partial charge in [-0.15, -0.1) is 11.8 Å². The Morgan fingerprint density at radius 2 is 1.61 bits per heavy atom. The second-order valence-electron chi connectivity index (χ2n) is 7.66. The van der Waals surface area contributed by atoms with Crippen molar-refractivity contribution in [1.82, 2.24) is 4.90 Å². The lowest BCUT2D eigenvalue weighted by Crippen LogP contribution is -2.49. The summed E-state index contributed by atoms with van der Waals surface area (Å²) in [5.74, 6) is 0.865. The first-order chi connectivity index (χ1) is 15.2. The molecule has 0 unspecified atom stereocenters. The van der Waals surface area contributed by atoms with E-state index in [-0.39, 0.29) is 5.91 Å². The van der Waals surface area contributed by atoms with Gasteiger partial charge in [-0.2, -0.15) is 5.26 Å². The highest BCUT2D eigenvalue weighted by Gasteiger charge is 2.24. The smallest absolute Gasteiger partial charge is 0.255 e. The number of rotatable bonds is 5. The predicted molar refractivity (Wildman–Crippen MR) is 126 cm³/mol. The number of carbonyl (C=O) groups excluding carboxylic acids is 1. The van der Waals surface area contributed by atoms with Gasteiger partial charge in [0.1, 0.15) is 0 Å². The van der Waals surface area contributed by atoms with Crippen LogP contribution in [0, 0.1) is 18.3 Å². The molecule has 3 aromatic rings. The number of aryl methyl sites for hydroxylation is 1. The number of amides is 1. The lowest BCUT2D eigenvalue weighted by molar-refractivity contribution is 0.0743. The molecule has 1 fully saturated rings. The van der Waals surface area contributed by atoms with Crippen LogP contribution in [-0.2, 0) is 5.75 Å². The topological polar surface area (TPSA) is 47.3 Å². The maximum Gasteiger partial charge on any atom is 0.255 e. The Morgan fingerprint density at radius 3 is 2.32 bits per heavy atom. The molecule has 0 spiro atoms. The first-order valence-electron chi connectivity index (χ1n) is 10.5. The van der Waals surface area contributed by atoms with Crippen LogP contribution in [0.25, 0.3) is 0 Å². The first-order valence-corrected chi connectivity index (χ1v) is 11.4. The molecule has 31 heavy (non-hydrogen) atoms. The number of piperazine rings is 1. The van der Waals surface area contributed by atoms with Crippen LogP contribution in [0.3, 0.4) is 0 Å². The van der Waals surface area contributed by atoms with Crippen molar-refractivity contribution in [3.8, 4) is 6.07 Å². The fraction of sp³-hybridized carbons (Fsp3) is 0.231. The summed E-state index contributed by atoms with van der Waals surface area (Å²) in [7, 11) is 0. The van der Waals surface area contributed by atoms with E-state index in [0.29, 0.717) is 5.56 Å². The van der Waals surface area contributed by atoms with Crippen molar-refractivity contribution in [1.29, 1.82) is 5.26 Å². The minimum atomic E-state index is 0.104. The van der Waals surface area contributed by atoms with Gasteiger partial charge in [-0.1, -0.05) is 42.5 Å². The number of carbonyl (C=O) groups is 1. The summed E-state index contributed by atoms with van der Waals surface area (Å²) in [5.41, 5.74) is 5.09. The van der Waals surface area contributed by atoms with Crippen LogP contribution in [0.1, 0.15) is 27.0 Å². The number of nitrogens with zero attached hydrogens (tertiary/aromatic N) is 3. The van der Waals surface area contributed by atoms with Crippen LogP contribution in [0.5, 0.6) is 0 Å². The summed E-state index contributed by atoms with van der Waals surface area (Å²) in [4.78, 5) is 18.6.